The number of hydrogen-bond acceptors (Lipinski definition) is 3. The standard InChI is InChI=1S/C17H28N2O2/c1-2-3-11-21-12-7-10-19-17(20)16(14-18)13-15-8-5-4-6-9-15/h4-6,8-9,16H,2-3,7,10-14,18H2,1H3,(H,19,20). The van der Waals surface area contributed by atoms with Crippen molar-refractivity contribution in [1.82, 2.24) is 5.32 Å². The van der Waals surface area contributed by atoms with Gasteiger partial charge in [-0.25, -0.2) is 0 Å². The van der Waals surface area contributed by atoms with E-state index in [9.17, 15) is 4.79 Å². The van der Waals surface area contributed by atoms with E-state index in [1.807, 2.05) is 30.3 Å². The molecule has 0 heterocycles. The zero-order chi connectivity index (χ0) is 15.3. The van der Waals surface area contributed by atoms with Gasteiger partial charge in [0.1, 0.15) is 0 Å². The Kier molecular flexibility index (Phi) is 9.49. The molecule has 1 aromatic carbocycles. The Morgan fingerprint density at radius 2 is 1.95 bits per heavy atom. The Bertz CT molecular complexity index is 382. The highest BCUT2D eigenvalue weighted by atomic mass is 16.5. The molecular weight excluding hydrogens is 264 g/mol. The lowest BCUT2D eigenvalue weighted by Gasteiger charge is -2.15. The molecule has 0 radical (unpaired) electrons. The summed E-state index contributed by atoms with van der Waals surface area (Å²) >= 11 is 0. The van der Waals surface area contributed by atoms with Crippen molar-refractivity contribution in [2.45, 2.75) is 32.6 Å². The summed E-state index contributed by atoms with van der Waals surface area (Å²) in [6.07, 6.45) is 3.78. The number of amides is 1. The molecule has 1 amide bonds. The third-order valence-electron chi connectivity index (χ3n) is 3.39. The van der Waals surface area contributed by atoms with E-state index in [4.69, 9.17) is 10.5 Å². The van der Waals surface area contributed by atoms with Crippen molar-refractivity contribution in [2.24, 2.45) is 11.7 Å². The van der Waals surface area contributed by atoms with Gasteiger partial charge in [0, 0.05) is 26.3 Å². The number of benzene rings is 1. The molecule has 1 unspecified atom stereocenters. The van der Waals surface area contributed by atoms with Gasteiger partial charge in [-0.15, -0.1) is 0 Å². The van der Waals surface area contributed by atoms with Crippen LogP contribution in [0.2, 0.25) is 0 Å². The van der Waals surface area contributed by atoms with Gasteiger partial charge in [0.15, 0.2) is 0 Å². The summed E-state index contributed by atoms with van der Waals surface area (Å²) in [6.45, 7) is 4.67. The second-order valence-electron chi connectivity index (χ2n) is 5.23. The highest BCUT2D eigenvalue weighted by molar-refractivity contribution is 5.79. The van der Waals surface area contributed by atoms with Crippen molar-refractivity contribution >= 4 is 5.91 Å². The predicted molar refractivity (Wildman–Crippen MR) is 86.0 cm³/mol. The summed E-state index contributed by atoms with van der Waals surface area (Å²) in [6, 6.07) is 9.98. The second-order valence-corrected chi connectivity index (χ2v) is 5.23. The van der Waals surface area contributed by atoms with E-state index in [2.05, 4.69) is 12.2 Å². The smallest absolute Gasteiger partial charge is 0.224 e. The molecule has 1 atom stereocenters. The summed E-state index contributed by atoms with van der Waals surface area (Å²) in [5.41, 5.74) is 6.87. The minimum Gasteiger partial charge on any atom is -0.381 e. The number of hydrogen-bond donors (Lipinski definition) is 2. The fraction of sp³-hybridized carbons (Fsp3) is 0.588. The first-order valence-corrected chi connectivity index (χ1v) is 7.87. The number of carbonyl (C=O) groups excluding carboxylic acids is 1. The highest BCUT2D eigenvalue weighted by Crippen LogP contribution is 2.07. The Morgan fingerprint density at radius 1 is 1.24 bits per heavy atom. The minimum absolute atomic E-state index is 0.0370. The summed E-state index contributed by atoms with van der Waals surface area (Å²) in [5, 5.41) is 2.95. The van der Waals surface area contributed by atoms with Gasteiger partial charge < -0.3 is 15.8 Å². The quantitative estimate of drug-likeness (QED) is 0.614. The molecule has 21 heavy (non-hydrogen) atoms. The maximum absolute atomic E-state index is 12.1. The van der Waals surface area contributed by atoms with Crippen LogP contribution in [0.15, 0.2) is 30.3 Å². The fourth-order valence-corrected chi connectivity index (χ4v) is 2.06. The van der Waals surface area contributed by atoms with Gasteiger partial charge in [-0.1, -0.05) is 43.7 Å². The average Bonchev–Trinajstić information content (AvgIpc) is 2.52. The van der Waals surface area contributed by atoms with E-state index >= 15 is 0 Å². The van der Waals surface area contributed by atoms with E-state index in [0.717, 1.165) is 31.4 Å². The summed E-state index contributed by atoms with van der Waals surface area (Å²) in [4.78, 5) is 12.1. The van der Waals surface area contributed by atoms with Gasteiger partial charge in [0.25, 0.3) is 0 Å². The molecule has 0 saturated heterocycles. The monoisotopic (exact) mass is 292 g/mol. The summed E-state index contributed by atoms with van der Waals surface area (Å²) < 4.78 is 5.46. The molecule has 0 aliphatic carbocycles. The van der Waals surface area contributed by atoms with Crippen LogP contribution >= 0.6 is 0 Å². The normalized spacial score (nSPS) is 12.1. The van der Waals surface area contributed by atoms with Crippen LogP contribution in [0.25, 0.3) is 0 Å². The van der Waals surface area contributed by atoms with Gasteiger partial charge in [-0.05, 0) is 24.8 Å². The third-order valence-corrected chi connectivity index (χ3v) is 3.39. The first-order valence-electron chi connectivity index (χ1n) is 7.87. The van der Waals surface area contributed by atoms with E-state index in [1.165, 1.54) is 0 Å². The number of nitrogens with two attached hydrogens (primary N) is 1. The topological polar surface area (TPSA) is 64.3 Å². The number of ether oxygens (including phenoxy) is 1. The Labute approximate surface area is 128 Å². The van der Waals surface area contributed by atoms with Crippen LogP contribution in [0.5, 0.6) is 0 Å². The van der Waals surface area contributed by atoms with Crippen LogP contribution in [0, 0.1) is 5.92 Å². The van der Waals surface area contributed by atoms with Gasteiger partial charge >= 0.3 is 0 Å². The third kappa shape index (κ3) is 7.83. The Morgan fingerprint density at radius 3 is 2.62 bits per heavy atom. The van der Waals surface area contributed by atoms with Crippen molar-refractivity contribution in [3.8, 4) is 0 Å². The molecule has 0 aliphatic rings. The number of unbranched alkanes of at least 4 members (excludes halogenated alkanes) is 1. The van der Waals surface area contributed by atoms with Crippen LogP contribution < -0.4 is 11.1 Å². The Hall–Kier alpha value is -1.39. The fourth-order valence-electron chi connectivity index (χ4n) is 2.06. The molecule has 0 fully saturated rings. The lowest BCUT2D eigenvalue weighted by atomic mass is 9.98. The molecule has 0 aromatic heterocycles. The zero-order valence-electron chi connectivity index (χ0n) is 13.0. The van der Waals surface area contributed by atoms with Gasteiger partial charge in [-0.3, -0.25) is 4.79 Å². The molecular formula is C17H28N2O2. The molecule has 4 heteroatoms. The largest absolute Gasteiger partial charge is 0.381 e. The number of carbonyl (C=O) groups is 1. The average molecular weight is 292 g/mol. The highest BCUT2D eigenvalue weighted by Gasteiger charge is 2.16. The van der Waals surface area contributed by atoms with Crippen LogP contribution in [0.4, 0.5) is 0 Å². The van der Waals surface area contributed by atoms with Gasteiger partial charge in [-0.2, -0.15) is 0 Å². The van der Waals surface area contributed by atoms with Crippen LogP contribution in [0.3, 0.4) is 0 Å². The molecule has 3 N–H and O–H groups in total. The molecule has 118 valence electrons. The molecule has 0 aliphatic heterocycles. The van der Waals surface area contributed by atoms with Crippen LogP contribution in [-0.2, 0) is 16.0 Å². The van der Waals surface area contributed by atoms with Crippen molar-refractivity contribution in [2.75, 3.05) is 26.3 Å². The number of nitrogens with one attached hydrogen (secondary N) is 1. The van der Waals surface area contributed by atoms with Crippen molar-refractivity contribution in [1.29, 1.82) is 0 Å². The second kappa shape index (κ2) is 11.3. The van der Waals surface area contributed by atoms with Gasteiger partial charge in [0.2, 0.25) is 5.91 Å². The van der Waals surface area contributed by atoms with Crippen LogP contribution in [0.1, 0.15) is 31.7 Å². The number of rotatable bonds is 11. The maximum Gasteiger partial charge on any atom is 0.224 e. The lowest BCUT2D eigenvalue weighted by Crippen LogP contribution is -2.37. The van der Waals surface area contributed by atoms with Gasteiger partial charge in [0.05, 0.1) is 5.92 Å². The summed E-state index contributed by atoms with van der Waals surface area (Å²) in [5.74, 6) is -0.122. The van der Waals surface area contributed by atoms with Crippen molar-refractivity contribution < 1.29 is 9.53 Å². The molecule has 0 saturated carbocycles. The SMILES string of the molecule is CCCCOCCCNC(=O)C(CN)Cc1ccccc1. The lowest BCUT2D eigenvalue weighted by molar-refractivity contribution is -0.124. The molecule has 4 nitrogen and oxygen atoms in total. The van der Waals surface area contributed by atoms with Crippen molar-refractivity contribution in [3.63, 3.8) is 0 Å². The van der Waals surface area contributed by atoms with E-state index in [1.54, 1.807) is 0 Å². The predicted octanol–water partition coefficient (Wildman–Crippen LogP) is 2.13. The summed E-state index contributed by atoms with van der Waals surface area (Å²) in [7, 11) is 0. The molecule has 1 rings (SSSR count). The van der Waals surface area contributed by atoms with E-state index in [-0.39, 0.29) is 11.8 Å². The van der Waals surface area contributed by atoms with Crippen LogP contribution in [-0.4, -0.2) is 32.2 Å². The maximum atomic E-state index is 12.1. The molecule has 0 bridgehead atoms. The minimum atomic E-state index is -0.159. The Balaban J connectivity index is 2.19. The first-order chi connectivity index (χ1) is 10.3. The molecule has 0 spiro atoms. The van der Waals surface area contributed by atoms with E-state index < -0.39 is 0 Å². The zero-order valence-corrected chi connectivity index (χ0v) is 13.0. The van der Waals surface area contributed by atoms with Crippen molar-refractivity contribution in [3.05, 3.63) is 35.9 Å². The first kappa shape index (κ1) is 17.7. The van der Waals surface area contributed by atoms with E-state index in [0.29, 0.717) is 26.1 Å². The molecule has 1 aromatic rings.